The normalized spacial score (nSPS) is 9.83. The number of carbonyl (C=O) groups is 1. The Kier molecular flexibility index (Phi) is 5.60. The van der Waals surface area contributed by atoms with Gasteiger partial charge in [0.2, 0.25) is 0 Å². The molecule has 0 aromatic rings. The number of carbonyl (C=O) groups excluding carboxylic acids is 1. The van der Waals surface area contributed by atoms with E-state index in [1.54, 1.807) is 26.0 Å². The molecule has 5 nitrogen and oxygen atoms in total. The maximum Gasteiger partial charge on any atom is 0.433 e. The summed E-state index contributed by atoms with van der Waals surface area (Å²) in [5.74, 6) is 0. The topological polar surface area (TPSA) is 59.0 Å². The Bertz CT molecular complexity index is 179. The molecule has 1 amide bonds. The summed E-state index contributed by atoms with van der Waals surface area (Å²) in [7, 11) is 0. The lowest BCUT2D eigenvalue weighted by Crippen LogP contribution is -2.26. The summed E-state index contributed by atoms with van der Waals surface area (Å²) in [5.41, 5.74) is 0. The molecule has 0 unspecified atom stereocenters. The lowest BCUT2D eigenvalue weighted by atomic mass is 10.5. The fraction of sp³-hybridized carbons (Fsp3) is 0.571. The van der Waals surface area contributed by atoms with Crippen LogP contribution in [0.2, 0.25) is 0 Å². The van der Waals surface area contributed by atoms with Crippen molar-refractivity contribution in [3.63, 3.8) is 0 Å². The van der Waals surface area contributed by atoms with E-state index >= 15 is 0 Å². The molecule has 0 aromatic heterocycles. The van der Waals surface area contributed by atoms with Gasteiger partial charge in [0.25, 0.3) is 0 Å². The Morgan fingerprint density at radius 3 is 2.75 bits per heavy atom. The summed E-state index contributed by atoms with van der Waals surface area (Å²) in [6.07, 6.45) is 2.64. The molecule has 0 saturated carbocycles. The molecule has 0 aliphatic carbocycles. The summed E-state index contributed by atoms with van der Waals surface area (Å²) < 4.78 is 4.55. The van der Waals surface area contributed by atoms with E-state index in [-0.39, 0.29) is 13.2 Å². The molecule has 5 heteroatoms. The second kappa shape index (κ2) is 6.33. The smallest absolute Gasteiger partial charge is 0.433 e. The monoisotopic (exact) mass is 172 g/mol. The van der Waals surface area contributed by atoms with Crippen LogP contribution in [-0.4, -0.2) is 24.3 Å². The van der Waals surface area contributed by atoms with Crippen LogP contribution in [0.25, 0.3) is 0 Å². The van der Waals surface area contributed by atoms with Crippen molar-refractivity contribution in [2.24, 2.45) is 5.29 Å². The SMILES string of the molecule is C/C=C/CN(N=O)C(=O)OCC. The molecule has 0 aliphatic heterocycles. The summed E-state index contributed by atoms with van der Waals surface area (Å²) >= 11 is 0. The maximum atomic E-state index is 10.9. The largest absolute Gasteiger partial charge is 0.448 e. The first kappa shape index (κ1) is 10.6. The molecule has 0 radical (unpaired) electrons. The van der Waals surface area contributed by atoms with Gasteiger partial charge in [0, 0.05) is 0 Å². The van der Waals surface area contributed by atoms with Crippen LogP contribution in [-0.2, 0) is 4.74 Å². The minimum atomic E-state index is -0.717. The third-order valence-corrected chi connectivity index (χ3v) is 1.09. The molecule has 0 rings (SSSR count). The van der Waals surface area contributed by atoms with Gasteiger partial charge in [-0.2, -0.15) is 5.01 Å². The van der Waals surface area contributed by atoms with E-state index in [1.807, 2.05) is 0 Å². The van der Waals surface area contributed by atoms with E-state index < -0.39 is 6.09 Å². The van der Waals surface area contributed by atoms with Gasteiger partial charge in [0.15, 0.2) is 0 Å². The highest BCUT2D eigenvalue weighted by Crippen LogP contribution is 1.94. The van der Waals surface area contributed by atoms with Gasteiger partial charge in [0.05, 0.1) is 18.4 Å². The molecule has 0 heterocycles. The second-order valence-corrected chi connectivity index (χ2v) is 1.93. The molecule has 68 valence electrons. The van der Waals surface area contributed by atoms with E-state index in [2.05, 4.69) is 10.0 Å². The van der Waals surface area contributed by atoms with E-state index in [9.17, 15) is 9.70 Å². The summed E-state index contributed by atoms with van der Waals surface area (Å²) in [6.45, 7) is 3.84. The quantitative estimate of drug-likeness (QED) is 0.368. The van der Waals surface area contributed by atoms with E-state index in [0.29, 0.717) is 5.01 Å². The number of ether oxygens (including phenoxy) is 1. The Morgan fingerprint density at radius 2 is 2.33 bits per heavy atom. The van der Waals surface area contributed by atoms with Crippen molar-refractivity contribution in [2.75, 3.05) is 13.2 Å². The van der Waals surface area contributed by atoms with Gasteiger partial charge in [0.1, 0.15) is 0 Å². The Labute approximate surface area is 70.9 Å². The summed E-state index contributed by atoms with van der Waals surface area (Å²) in [6, 6.07) is 0. The second-order valence-electron chi connectivity index (χ2n) is 1.93. The molecular weight excluding hydrogens is 160 g/mol. The molecule has 0 aliphatic rings. The van der Waals surface area contributed by atoms with Crippen molar-refractivity contribution >= 4 is 6.09 Å². The molecule has 0 saturated heterocycles. The summed E-state index contributed by atoms with van der Waals surface area (Å²) in [5, 5.41) is 3.21. The van der Waals surface area contributed by atoms with Crippen LogP contribution >= 0.6 is 0 Å². The highest BCUT2D eigenvalue weighted by Gasteiger charge is 2.12. The van der Waals surface area contributed by atoms with Crippen LogP contribution in [0, 0.1) is 4.91 Å². The zero-order chi connectivity index (χ0) is 9.40. The van der Waals surface area contributed by atoms with Crippen molar-refractivity contribution in [3.05, 3.63) is 17.1 Å². The van der Waals surface area contributed by atoms with Crippen molar-refractivity contribution in [1.82, 2.24) is 5.01 Å². The van der Waals surface area contributed by atoms with Crippen molar-refractivity contribution in [2.45, 2.75) is 13.8 Å². The van der Waals surface area contributed by atoms with Crippen molar-refractivity contribution in [3.8, 4) is 0 Å². The number of amides is 1. The fourth-order valence-electron chi connectivity index (χ4n) is 0.544. The van der Waals surface area contributed by atoms with Crippen LogP contribution in [0.3, 0.4) is 0 Å². The van der Waals surface area contributed by atoms with Crippen LogP contribution in [0.4, 0.5) is 4.79 Å². The molecule has 0 fully saturated rings. The Morgan fingerprint density at radius 1 is 1.67 bits per heavy atom. The number of nitroso groups, excluding NO2 is 1. The third-order valence-electron chi connectivity index (χ3n) is 1.09. The third kappa shape index (κ3) is 3.70. The van der Waals surface area contributed by atoms with Gasteiger partial charge in [-0.05, 0) is 13.8 Å². The zero-order valence-corrected chi connectivity index (χ0v) is 7.19. The molecule has 0 spiro atoms. The number of rotatable bonds is 4. The summed E-state index contributed by atoms with van der Waals surface area (Å²) in [4.78, 5) is 20.9. The lowest BCUT2D eigenvalue weighted by Gasteiger charge is -2.09. The number of allylic oxidation sites excluding steroid dienone is 1. The Hall–Kier alpha value is -1.39. The van der Waals surface area contributed by atoms with Gasteiger partial charge >= 0.3 is 6.09 Å². The first-order chi connectivity index (χ1) is 5.76. The molecular formula is C7H12N2O3. The van der Waals surface area contributed by atoms with Crippen LogP contribution in [0.5, 0.6) is 0 Å². The molecule has 0 atom stereocenters. The number of hydrogen-bond acceptors (Lipinski definition) is 4. The van der Waals surface area contributed by atoms with Crippen LogP contribution in [0.15, 0.2) is 17.4 Å². The average Bonchev–Trinajstić information content (AvgIpc) is 2.06. The minimum Gasteiger partial charge on any atom is -0.448 e. The first-order valence-corrected chi connectivity index (χ1v) is 3.65. The van der Waals surface area contributed by atoms with E-state index in [1.165, 1.54) is 0 Å². The number of hydrogen-bond donors (Lipinski definition) is 0. The standard InChI is InChI=1S/C7H12N2O3/c1-3-5-6-9(8-11)7(10)12-4-2/h3,5H,4,6H2,1-2H3/b5-3+. The lowest BCUT2D eigenvalue weighted by molar-refractivity contribution is 0.112. The van der Waals surface area contributed by atoms with Gasteiger partial charge in [-0.25, -0.2) is 4.79 Å². The van der Waals surface area contributed by atoms with Crippen LogP contribution in [0.1, 0.15) is 13.8 Å². The zero-order valence-electron chi connectivity index (χ0n) is 7.19. The maximum absolute atomic E-state index is 10.9. The molecule has 0 aromatic carbocycles. The van der Waals surface area contributed by atoms with Gasteiger partial charge in [-0.1, -0.05) is 12.2 Å². The van der Waals surface area contributed by atoms with Gasteiger partial charge < -0.3 is 4.74 Å². The minimum absolute atomic E-state index is 0.152. The highest BCUT2D eigenvalue weighted by atomic mass is 16.6. The number of nitrogens with zero attached hydrogens (tertiary/aromatic N) is 2. The fourth-order valence-corrected chi connectivity index (χ4v) is 0.544. The van der Waals surface area contributed by atoms with Crippen LogP contribution < -0.4 is 0 Å². The highest BCUT2D eigenvalue weighted by molar-refractivity contribution is 5.67. The van der Waals surface area contributed by atoms with E-state index in [4.69, 9.17) is 0 Å². The molecule has 12 heavy (non-hydrogen) atoms. The predicted octanol–water partition coefficient (Wildman–Crippen LogP) is 1.70. The van der Waals surface area contributed by atoms with Gasteiger partial charge in [-0.15, -0.1) is 4.91 Å². The van der Waals surface area contributed by atoms with Gasteiger partial charge in [-0.3, -0.25) is 0 Å². The van der Waals surface area contributed by atoms with Crippen molar-refractivity contribution < 1.29 is 9.53 Å². The molecule has 0 N–H and O–H groups in total. The average molecular weight is 172 g/mol. The van der Waals surface area contributed by atoms with E-state index in [0.717, 1.165) is 0 Å². The predicted molar refractivity (Wildman–Crippen MR) is 44.3 cm³/mol. The molecule has 0 bridgehead atoms. The van der Waals surface area contributed by atoms with Crippen molar-refractivity contribution in [1.29, 1.82) is 0 Å². The Balaban J connectivity index is 3.95. The first-order valence-electron chi connectivity index (χ1n) is 3.65.